The van der Waals surface area contributed by atoms with Gasteiger partial charge in [-0.15, -0.1) is 0 Å². The molecule has 2 heterocycles. The van der Waals surface area contributed by atoms with Gasteiger partial charge in [-0.1, -0.05) is 54.6 Å². The van der Waals surface area contributed by atoms with Crippen LogP contribution < -0.4 is 5.32 Å². The standard InChI is InChI=1S/C25H23N3O4/c29-22(27(16-20-10-6-14-32-20)15-18-7-2-1-3-8-18)17-28-23(30)25(26-24(28)31)13-12-19-9-4-5-11-21(19)25/h1-11,14H,12-13,15-17H2,(H,26,31). The Kier molecular flexibility index (Phi) is 5.01. The van der Waals surface area contributed by atoms with Gasteiger partial charge in [-0.3, -0.25) is 14.5 Å². The van der Waals surface area contributed by atoms with Crippen molar-refractivity contribution in [3.63, 3.8) is 0 Å². The Morgan fingerprint density at radius 1 is 1.00 bits per heavy atom. The van der Waals surface area contributed by atoms with Gasteiger partial charge in [0.15, 0.2) is 0 Å². The molecule has 2 aliphatic rings. The van der Waals surface area contributed by atoms with E-state index in [9.17, 15) is 14.4 Å². The fraction of sp³-hybridized carbons (Fsp3) is 0.240. The average molecular weight is 429 g/mol. The number of amides is 4. The average Bonchev–Trinajstić information content (AvgIpc) is 3.51. The molecule has 7 nitrogen and oxygen atoms in total. The number of carbonyl (C=O) groups is 3. The number of nitrogens with zero attached hydrogens (tertiary/aromatic N) is 2. The lowest BCUT2D eigenvalue weighted by atomic mass is 9.92. The van der Waals surface area contributed by atoms with Gasteiger partial charge in [0.1, 0.15) is 17.8 Å². The molecule has 4 amide bonds. The second kappa shape index (κ2) is 8.00. The lowest BCUT2D eigenvalue weighted by Gasteiger charge is -2.25. The van der Waals surface area contributed by atoms with Gasteiger partial charge in [-0.05, 0) is 41.7 Å². The van der Waals surface area contributed by atoms with E-state index in [-0.39, 0.29) is 24.9 Å². The third-order valence-electron chi connectivity index (χ3n) is 6.21. The van der Waals surface area contributed by atoms with Crippen molar-refractivity contribution in [2.75, 3.05) is 6.54 Å². The number of furan rings is 1. The predicted octanol–water partition coefficient (Wildman–Crippen LogP) is 3.20. The Morgan fingerprint density at radius 2 is 1.78 bits per heavy atom. The van der Waals surface area contributed by atoms with Crippen molar-refractivity contribution in [3.8, 4) is 0 Å². The first kappa shape index (κ1) is 20.1. The molecule has 1 aliphatic carbocycles. The number of nitrogens with one attached hydrogen (secondary N) is 1. The summed E-state index contributed by atoms with van der Waals surface area (Å²) in [5.74, 6) is -0.0526. The smallest absolute Gasteiger partial charge is 0.325 e. The quantitative estimate of drug-likeness (QED) is 0.610. The summed E-state index contributed by atoms with van der Waals surface area (Å²) in [5, 5.41) is 2.87. The van der Waals surface area contributed by atoms with E-state index in [2.05, 4.69) is 5.32 Å². The molecule has 2 aromatic carbocycles. The summed E-state index contributed by atoms with van der Waals surface area (Å²) < 4.78 is 5.43. The van der Waals surface area contributed by atoms with Crippen LogP contribution in [-0.4, -0.2) is 34.2 Å². The third kappa shape index (κ3) is 3.45. The molecular weight excluding hydrogens is 406 g/mol. The molecule has 3 aromatic rings. The molecule has 5 rings (SSSR count). The second-order valence-electron chi connectivity index (χ2n) is 8.20. The summed E-state index contributed by atoms with van der Waals surface area (Å²) >= 11 is 0. The van der Waals surface area contributed by atoms with Crippen molar-refractivity contribution >= 4 is 17.8 Å². The predicted molar refractivity (Wildman–Crippen MR) is 116 cm³/mol. The lowest BCUT2D eigenvalue weighted by molar-refractivity contribution is -0.140. The highest BCUT2D eigenvalue weighted by Crippen LogP contribution is 2.41. The first-order valence-electron chi connectivity index (χ1n) is 10.6. The van der Waals surface area contributed by atoms with Crippen LogP contribution in [0.15, 0.2) is 77.4 Å². The SMILES string of the molecule is O=C(CN1C(=O)NC2(CCc3ccccc32)C1=O)N(Cc1ccccc1)Cc1ccco1. The molecule has 0 saturated carbocycles. The maximum Gasteiger partial charge on any atom is 0.325 e. The van der Waals surface area contributed by atoms with Crippen LogP contribution in [0.4, 0.5) is 4.79 Å². The Balaban J connectivity index is 1.37. The number of hydrogen-bond donors (Lipinski definition) is 1. The molecule has 1 N–H and O–H groups in total. The minimum absolute atomic E-state index is 0.248. The Bertz CT molecular complexity index is 1160. The van der Waals surface area contributed by atoms with Gasteiger partial charge >= 0.3 is 6.03 Å². The maximum absolute atomic E-state index is 13.4. The first-order chi connectivity index (χ1) is 15.6. The van der Waals surface area contributed by atoms with E-state index in [4.69, 9.17) is 4.42 Å². The van der Waals surface area contributed by atoms with Crippen LogP contribution in [0, 0.1) is 0 Å². The minimum Gasteiger partial charge on any atom is -0.467 e. The van der Waals surface area contributed by atoms with Gasteiger partial charge in [0, 0.05) is 6.54 Å². The van der Waals surface area contributed by atoms with Gasteiger partial charge in [0.2, 0.25) is 5.91 Å². The summed E-state index contributed by atoms with van der Waals surface area (Å²) in [7, 11) is 0. The van der Waals surface area contributed by atoms with Crippen LogP contribution in [0.25, 0.3) is 0 Å². The molecule has 7 heteroatoms. The Labute approximate surface area is 185 Å². The van der Waals surface area contributed by atoms with Crippen molar-refractivity contribution in [1.82, 2.24) is 15.1 Å². The molecule has 1 fully saturated rings. The number of aryl methyl sites for hydroxylation is 1. The summed E-state index contributed by atoms with van der Waals surface area (Å²) in [5.41, 5.74) is 1.76. The van der Waals surface area contributed by atoms with E-state index in [0.717, 1.165) is 21.6 Å². The first-order valence-corrected chi connectivity index (χ1v) is 10.6. The monoisotopic (exact) mass is 429 g/mol. The maximum atomic E-state index is 13.4. The van der Waals surface area contributed by atoms with Gasteiger partial charge < -0.3 is 14.6 Å². The van der Waals surface area contributed by atoms with Gasteiger partial charge in [-0.2, -0.15) is 0 Å². The molecule has 162 valence electrons. The molecule has 32 heavy (non-hydrogen) atoms. The summed E-state index contributed by atoms with van der Waals surface area (Å²) in [4.78, 5) is 42.1. The van der Waals surface area contributed by atoms with Crippen LogP contribution >= 0.6 is 0 Å². The molecule has 0 bridgehead atoms. The van der Waals surface area contributed by atoms with Crippen LogP contribution in [0.3, 0.4) is 0 Å². The normalized spacial score (nSPS) is 19.3. The molecule has 0 radical (unpaired) electrons. The van der Waals surface area contributed by atoms with E-state index < -0.39 is 11.6 Å². The highest BCUT2D eigenvalue weighted by molar-refractivity contribution is 6.09. The summed E-state index contributed by atoms with van der Waals surface area (Å²) in [6.45, 7) is 0.276. The number of rotatable bonds is 6. The highest BCUT2D eigenvalue weighted by Gasteiger charge is 2.55. The molecular formula is C25H23N3O4. The Hall–Kier alpha value is -3.87. The van der Waals surface area contributed by atoms with Crippen LogP contribution in [0.1, 0.15) is 28.9 Å². The topological polar surface area (TPSA) is 82.9 Å². The molecule has 1 spiro atoms. The van der Waals surface area contributed by atoms with Crippen molar-refractivity contribution in [1.29, 1.82) is 0 Å². The number of fused-ring (bicyclic) bond motifs is 2. The zero-order valence-corrected chi connectivity index (χ0v) is 17.5. The number of benzene rings is 2. The van der Waals surface area contributed by atoms with Crippen LogP contribution in [0.5, 0.6) is 0 Å². The summed E-state index contributed by atoms with van der Waals surface area (Å²) in [6.07, 6.45) is 2.77. The van der Waals surface area contributed by atoms with Crippen LogP contribution in [0.2, 0.25) is 0 Å². The van der Waals surface area contributed by atoms with Crippen molar-refractivity contribution < 1.29 is 18.8 Å². The number of carbonyl (C=O) groups excluding carboxylic acids is 3. The largest absolute Gasteiger partial charge is 0.467 e. The third-order valence-corrected chi connectivity index (χ3v) is 6.21. The van der Waals surface area contributed by atoms with E-state index >= 15 is 0 Å². The highest BCUT2D eigenvalue weighted by atomic mass is 16.3. The molecule has 1 atom stereocenters. The summed E-state index contributed by atoms with van der Waals surface area (Å²) in [6, 6.07) is 20.3. The molecule has 1 unspecified atom stereocenters. The van der Waals surface area contributed by atoms with Gasteiger partial charge in [-0.25, -0.2) is 4.79 Å². The van der Waals surface area contributed by atoms with Crippen molar-refractivity contribution in [3.05, 3.63) is 95.4 Å². The van der Waals surface area contributed by atoms with E-state index in [1.54, 1.807) is 23.3 Å². The number of imide groups is 1. The fourth-order valence-electron chi connectivity index (χ4n) is 4.60. The van der Waals surface area contributed by atoms with Gasteiger partial charge in [0.25, 0.3) is 5.91 Å². The number of hydrogen-bond acceptors (Lipinski definition) is 4. The zero-order valence-electron chi connectivity index (χ0n) is 17.5. The second-order valence-corrected chi connectivity index (χ2v) is 8.20. The van der Waals surface area contributed by atoms with Crippen molar-refractivity contribution in [2.45, 2.75) is 31.5 Å². The fourth-order valence-corrected chi connectivity index (χ4v) is 4.60. The van der Waals surface area contributed by atoms with Crippen molar-refractivity contribution in [2.24, 2.45) is 0 Å². The minimum atomic E-state index is -1.07. The van der Waals surface area contributed by atoms with Crippen LogP contribution in [-0.2, 0) is 34.6 Å². The van der Waals surface area contributed by atoms with E-state index in [1.807, 2.05) is 54.6 Å². The number of urea groups is 1. The van der Waals surface area contributed by atoms with Gasteiger partial charge in [0.05, 0.1) is 12.8 Å². The van der Waals surface area contributed by atoms with E-state index in [0.29, 0.717) is 25.1 Å². The molecule has 1 saturated heterocycles. The van der Waals surface area contributed by atoms with E-state index in [1.165, 1.54) is 0 Å². The lowest BCUT2D eigenvalue weighted by Crippen LogP contribution is -2.44. The zero-order chi connectivity index (χ0) is 22.1. The molecule has 1 aromatic heterocycles. The Morgan fingerprint density at radius 3 is 2.56 bits per heavy atom. The molecule has 1 aliphatic heterocycles.